The van der Waals surface area contributed by atoms with E-state index in [1.165, 1.54) is 18.1 Å². The molecule has 2 N–H and O–H groups in total. The molecule has 20 heavy (non-hydrogen) atoms. The molecular formula is C14H16N2O3S. The van der Waals surface area contributed by atoms with Crippen LogP contribution in [0, 0.1) is 6.92 Å². The van der Waals surface area contributed by atoms with Gasteiger partial charge < -0.3 is 15.1 Å². The zero-order chi connectivity index (χ0) is 14.4. The van der Waals surface area contributed by atoms with Gasteiger partial charge in [0.05, 0.1) is 18.4 Å². The average molecular weight is 292 g/mol. The molecule has 106 valence electrons. The molecule has 0 atom stereocenters. The van der Waals surface area contributed by atoms with Gasteiger partial charge in [0.15, 0.2) is 0 Å². The van der Waals surface area contributed by atoms with E-state index >= 15 is 0 Å². The van der Waals surface area contributed by atoms with Gasteiger partial charge >= 0.3 is 0 Å². The number of carbonyl (C=O) groups excluding carboxylic acids is 2. The van der Waals surface area contributed by atoms with Crippen LogP contribution in [-0.2, 0) is 11.3 Å². The monoisotopic (exact) mass is 292 g/mol. The van der Waals surface area contributed by atoms with Crippen molar-refractivity contribution in [3.05, 3.63) is 46.0 Å². The standard InChI is InChI=1S/C14H16N2O3S/c1-10-4-7-20-12(10)8-16-13(17)2-5-15-14(18)11-3-6-19-9-11/h3-4,6-7,9H,2,5,8H2,1H3,(H,15,18)(H,16,17). The summed E-state index contributed by atoms with van der Waals surface area (Å²) < 4.78 is 4.82. The number of amides is 2. The minimum absolute atomic E-state index is 0.0784. The Morgan fingerprint density at radius 2 is 2.15 bits per heavy atom. The van der Waals surface area contributed by atoms with Crippen LogP contribution in [0.2, 0.25) is 0 Å². The topological polar surface area (TPSA) is 71.3 Å². The van der Waals surface area contributed by atoms with Gasteiger partial charge in [0.1, 0.15) is 6.26 Å². The third-order valence-corrected chi connectivity index (χ3v) is 3.86. The number of hydrogen-bond acceptors (Lipinski definition) is 4. The fourth-order valence-corrected chi connectivity index (χ4v) is 2.48. The molecule has 5 nitrogen and oxygen atoms in total. The van der Waals surface area contributed by atoms with Crippen molar-refractivity contribution in [2.45, 2.75) is 19.9 Å². The molecule has 0 saturated heterocycles. The van der Waals surface area contributed by atoms with Crippen molar-refractivity contribution in [1.29, 1.82) is 0 Å². The number of rotatable bonds is 6. The largest absolute Gasteiger partial charge is 0.472 e. The molecule has 0 spiro atoms. The first-order valence-electron chi connectivity index (χ1n) is 6.27. The summed E-state index contributed by atoms with van der Waals surface area (Å²) in [6.07, 6.45) is 3.06. The maximum Gasteiger partial charge on any atom is 0.254 e. The number of thiophene rings is 1. The predicted molar refractivity (Wildman–Crippen MR) is 76.6 cm³/mol. The second-order valence-corrected chi connectivity index (χ2v) is 5.32. The molecule has 0 unspecified atom stereocenters. The van der Waals surface area contributed by atoms with Crippen LogP contribution in [0.3, 0.4) is 0 Å². The molecule has 0 aliphatic rings. The fourth-order valence-electron chi connectivity index (χ4n) is 1.64. The van der Waals surface area contributed by atoms with Gasteiger partial charge in [0.2, 0.25) is 5.91 Å². The summed E-state index contributed by atoms with van der Waals surface area (Å²) in [6, 6.07) is 3.60. The fraction of sp³-hybridized carbons (Fsp3) is 0.286. The van der Waals surface area contributed by atoms with Gasteiger partial charge in [0, 0.05) is 17.8 Å². The van der Waals surface area contributed by atoms with Crippen molar-refractivity contribution in [2.75, 3.05) is 6.54 Å². The van der Waals surface area contributed by atoms with Crippen LogP contribution in [0.4, 0.5) is 0 Å². The lowest BCUT2D eigenvalue weighted by atomic mass is 10.3. The third-order valence-electron chi connectivity index (χ3n) is 2.84. The second-order valence-electron chi connectivity index (χ2n) is 4.32. The van der Waals surface area contributed by atoms with Gasteiger partial charge in [-0.2, -0.15) is 0 Å². The van der Waals surface area contributed by atoms with Crippen LogP contribution in [0.1, 0.15) is 27.2 Å². The Morgan fingerprint density at radius 3 is 2.80 bits per heavy atom. The second kappa shape index (κ2) is 6.91. The van der Waals surface area contributed by atoms with Gasteiger partial charge in [-0.3, -0.25) is 9.59 Å². The van der Waals surface area contributed by atoms with Gasteiger partial charge in [-0.25, -0.2) is 0 Å². The number of furan rings is 1. The normalized spacial score (nSPS) is 10.2. The summed E-state index contributed by atoms with van der Waals surface area (Å²) in [5.41, 5.74) is 1.64. The van der Waals surface area contributed by atoms with Crippen LogP contribution < -0.4 is 10.6 Å². The highest BCUT2D eigenvalue weighted by atomic mass is 32.1. The maximum absolute atomic E-state index is 11.6. The first kappa shape index (κ1) is 14.3. The minimum Gasteiger partial charge on any atom is -0.472 e. The molecule has 0 aliphatic heterocycles. The molecule has 0 fully saturated rings. The van der Waals surface area contributed by atoms with Gasteiger partial charge in [-0.1, -0.05) is 0 Å². The Bertz CT molecular complexity index is 575. The number of nitrogens with one attached hydrogen (secondary N) is 2. The average Bonchev–Trinajstić information content (AvgIpc) is 3.07. The first-order valence-corrected chi connectivity index (χ1v) is 7.15. The Kier molecular flexibility index (Phi) is 4.95. The van der Waals surface area contributed by atoms with E-state index in [2.05, 4.69) is 10.6 Å². The highest BCUT2D eigenvalue weighted by Gasteiger charge is 2.08. The quantitative estimate of drug-likeness (QED) is 0.856. The Morgan fingerprint density at radius 1 is 1.30 bits per heavy atom. The molecular weight excluding hydrogens is 276 g/mol. The van der Waals surface area contributed by atoms with Gasteiger partial charge in [0.25, 0.3) is 5.91 Å². The van der Waals surface area contributed by atoms with Crippen molar-refractivity contribution < 1.29 is 14.0 Å². The zero-order valence-corrected chi connectivity index (χ0v) is 12.0. The Hall–Kier alpha value is -2.08. The molecule has 2 aromatic heterocycles. The van der Waals surface area contributed by atoms with Crippen molar-refractivity contribution in [1.82, 2.24) is 10.6 Å². The van der Waals surface area contributed by atoms with Gasteiger partial charge in [-0.15, -0.1) is 11.3 Å². The lowest BCUT2D eigenvalue weighted by Gasteiger charge is -2.05. The lowest BCUT2D eigenvalue weighted by Crippen LogP contribution is -2.30. The predicted octanol–water partition coefficient (Wildman–Crippen LogP) is 2.09. The van der Waals surface area contributed by atoms with Crippen LogP contribution in [0.25, 0.3) is 0 Å². The van der Waals surface area contributed by atoms with Crippen LogP contribution in [-0.4, -0.2) is 18.4 Å². The van der Waals surface area contributed by atoms with E-state index in [-0.39, 0.29) is 18.2 Å². The minimum atomic E-state index is -0.236. The summed E-state index contributed by atoms with van der Waals surface area (Å²) in [4.78, 5) is 24.4. The number of aryl methyl sites for hydroxylation is 1. The number of carbonyl (C=O) groups is 2. The molecule has 2 aromatic rings. The lowest BCUT2D eigenvalue weighted by molar-refractivity contribution is -0.121. The highest BCUT2D eigenvalue weighted by molar-refractivity contribution is 7.10. The van der Waals surface area contributed by atoms with E-state index in [1.54, 1.807) is 17.4 Å². The van der Waals surface area contributed by atoms with Crippen molar-refractivity contribution in [3.8, 4) is 0 Å². The molecule has 2 amide bonds. The highest BCUT2D eigenvalue weighted by Crippen LogP contribution is 2.14. The van der Waals surface area contributed by atoms with E-state index < -0.39 is 0 Å². The van der Waals surface area contributed by atoms with E-state index in [0.717, 1.165) is 4.88 Å². The van der Waals surface area contributed by atoms with Crippen molar-refractivity contribution >= 4 is 23.2 Å². The molecule has 0 bridgehead atoms. The zero-order valence-electron chi connectivity index (χ0n) is 11.1. The summed E-state index contributed by atoms with van der Waals surface area (Å²) in [5.74, 6) is -0.314. The van der Waals surface area contributed by atoms with Crippen LogP contribution >= 0.6 is 11.3 Å². The molecule has 6 heteroatoms. The SMILES string of the molecule is Cc1ccsc1CNC(=O)CCNC(=O)c1ccoc1. The molecule has 2 heterocycles. The molecule has 0 aliphatic carbocycles. The van der Waals surface area contributed by atoms with Crippen molar-refractivity contribution in [2.24, 2.45) is 0 Å². The molecule has 0 radical (unpaired) electrons. The molecule has 0 saturated carbocycles. The van der Waals surface area contributed by atoms with E-state index in [9.17, 15) is 9.59 Å². The third kappa shape index (κ3) is 3.96. The van der Waals surface area contributed by atoms with E-state index in [0.29, 0.717) is 18.7 Å². The van der Waals surface area contributed by atoms with Crippen LogP contribution in [0.5, 0.6) is 0 Å². The summed E-state index contributed by atoms with van der Waals surface area (Å²) in [7, 11) is 0. The first-order chi connectivity index (χ1) is 9.66. The molecule has 0 aromatic carbocycles. The van der Waals surface area contributed by atoms with Crippen LogP contribution in [0.15, 0.2) is 34.5 Å². The van der Waals surface area contributed by atoms with E-state index in [1.807, 2.05) is 18.4 Å². The van der Waals surface area contributed by atoms with Gasteiger partial charge in [-0.05, 0) is 30.0 Å². The van der Waals surface area contributed by atoms with Crippen molar-refractivity contribution in [3.63, 3.8) is 0 Å². The summed E-state index contributed by atoms with van der Waals surface area (Å²) in [5, 5.41) is 7.50. The summed E-state index contributed by atoms with van der Waals surface area (Å²) >= 11 is 1.62. The van der Waals surface area contributed by atoms with E-state index in [4.69, 9.17) is 4.42 Å². The Balaban J connectivity index is 1.65. The molecule has 2 rings (SSSR count). The number of hydrogen-bond donors (Lipinski definition) is 2. The Labute approximate surface area is 121 Å². The smallest absolute Gasteiger partial charge is 0.254 e. The maximum atomic E-state index is 11.6. The summed E-state index contributed by atoms with van der Waals surface area (Å²) in [6.45, 7) is 2.86.